The molecule has 1 aromatic rings. The number of rotatable bonds is 0. The Morgan fingerprint density at radius 2 is 2.09 bits per heavy atom. The number of para-hydroxylation sites is 1. The third-order valence-electron chi connectivity index (χ3n) is 1.79. The van der Waals surface area contributed by atoms with Gasteiger partial charge in [0.1, 0.15) is 0 Å². The average Bonchev–Trinajstić information content (AvgIpc) is 2.46. The predicted molar refractivity (Wildman–Crippen MR) is 45.4 cm³/mol. The molecule has 0 fully saturated rings. The molecule has 0 bridgehead atoms. The molecule has 0 aliphatic carbocycles. The molecule has 1 heteroatoms. The first-order valence-electron chi connectivity index (χ1n) is 3.72. The van der Waals surface area contributed by atoms with Crippen molar-refractivity contribution in [3.05, 3.63) is 46.6 Å². The summed E-state index contributed by atoms with van der Waals surface area (Å²) in [5.74, 6) is 0. The lowest BCUT2D eigenvalue weighted by Gasteiger charge is -1.79. The third-order valence-corrected chi connectivity index (χ3v) is 1.79. The van der Waals surface area contributed by atoms with Crippen LogP contribution in [-0.4, -0.2) is 0 Å². The van der Waals surface area contributed by atoms with Crippen LogP contribution in [0.15, 0.2) is 41.0 Å². The number of fused-ring (bicyclic) bond motifs is 1. The van der Waals surface area contributed by atoms with Gasteiger partial charge in [-0.3, -0.25) is 0 Å². The summed E-state index contributed by atoms with van der Waals surface area (Å²) < 4.78 is 0. The van der Waals surface area contributed by atoms with Gasteiger partial charge >= 0.3 is 0 Å². The van der Waals surface area contributed by atoms with E-state index in [1.54, 1.807) is 0 Å². The molecule has 11 heavy (non-hydrogen) atoms. The highest BCUT2D eigenvalue weighted by atomic mass is 14.7. The summed E-state index contributed by atoms with van der Waals surface area (Å²) in [6.45, 7) is 2.00. The van der Waals surface area contributed by atoms with Gasteiger partial charge in [-0.25, -0.2) is 4.99 Å². The van der Waals surface area contributed by atoms with E-state index >= 15 is 0 Å². The van der Waals surface area contributed by atoms with E-state index in [-0.39, 0.29) is 0 Å². The van der Waals surface area contributed by atoms with Crippen LogP contribution in [0.1, 0.15) is 6.92 Å². The summed E-state index contributed by atoms with van der Waals surface area (Å²) in [4.78, 5) is 4.38. The van der Waals surface area contributed by atoms with Gasteiger partial charge in [0.25, 0.3) is 0 Å². The molecule has 0 atom stereocenters. The van der Waals surface area contributed by atoms with Crippen molar-refractivity contribution in [2.45, 2.75) is 6.92 Å². The molecule has 2 rings (SSSR count). The van der Waals surface area contributed by atoms with Gasteiger partial charge in [0.05, 0.1) is 11.1 Å². The van der Waals surface area contributed by atoms with E-state index in [1.807, 2.05) is 31.2 Å². The minimum atomic E-state index is 1.06. The van der Waals surface area contributed by atoms with Crippen molar-refractivity contribution >= 4 is 6.08 Å². The molecule has 0 N–H and O–H groups in total. The Balaban J connectivity index is 2.81. The van der Waals surface area contributed by atoms with Gasteiger partial charge in [0.2, 0.25) is 0 Å². The second-order valence-corrected chi connectivity index (χ2v) is 2.53. The van der Waals surface area contributed by atoms with Gasteiger partial charge in [0, 0.05) is 5.22 Å². The zero-order chi connectivity index (χ0) is 7.68. The van der Waals surface area contributed by atoms with Crippen LogP contribution in [0.3, 0.4) is 0 Å². The van der Waals surface area contributed by atoms with Crippen LogP contribution in [0.4, 0.5) is 0 Å². The third kappa shape index (κ3) is 0.984. The highest BCUT2D eigenvalue weighted by Gasteiger charge is 1.95. The lowest BCUT2D eigenvalue weighted by Crippen LogP contribution is -2.19. The molecule has 0 saturated heterocycles. The molecule has 1 heterocycles. The quantitative estimate of drug-likeness (QED) is 0.514. The fourth-order valence-electron chi connectivity index (χ4n) is 1.19. The maximum Gasteiger partial charge on any atom is 0.0709 e. The zero-order valence-electron chi connectivity index (χ0n) is 6.41. The number of allylic oxidation sites excluding steroid dienone is 2. The smallest absolute Gasteiger partial charge is 0.0709 e. The van der Waals surface area contributed by atoms with Gasteiger partial charge in [-0.05, 0) is 19.1 Å². The molecule has 54 valence electrons. The second-order valence-electron chi connectivity index (χ2n) is 2.53. The van der Waals surface area contributed by atoms with Crippen molar-refractivity contribution in [2.75, 3.05) is 0 Å². The summed E-state index contributed by atoms with van der Waals surface area (Å²) in [6.07, 6.45) is 4.11. The number of hydrogen-bond acceptors (Lipinski definition) is 1. The number of nitrogens with zero attached hydrogens (tertiary/aromatic N) is 1. The lowest BCUT2D eigenvalue weighted by atomic mass is 10.3. The largest absolute Gasteiger partial charge is 0.249 e. The Hall–Kier alpha value is -1.37. The van der Waals surface area contributed by atoms with Gasteiger partial charge in [-0.1, -0.05) is 24.3 Å². The van der Waals surface area contributed by atoms with Gasteiger partial charge < -0.3 is 0 Å². The van der Waals surface area contributed by atoms with E-state index in [1.165, 1.54) is 5.22 Å². The van der Waals surface area contributed by atoms with Crippen LogP contribution in [0.5, 0.6) is 0 Å². The highest BCUT2D eigenvalue weighted by Crippen LogP contribution is 1.98. The molecule has 0 radical (unpaired) electrons. The zero-order valence-corrected chi connectivity index (χ0v) is 6.41. The van der Waals surface area contributed by atoms with E-state index in [2.05, 4.69) is 17.1 Å². The van der Waals surface area contributed by atoms with Crippen LogP contribution in [0.2, 0.25) is 0 Å². The first kappa shape index (κ1) is 6.35. The fourth-order valence-corrected chi connectivity index (χ4v) is 1.19. The van der Waals surface area contributed by atoms with Crippen molar-refractivity contribution < 1.29 is 0 Å². The molecule has 1 aromatic carbocycles. The summed E-state index contributed by atoms with van der Waals surface area (Å²) in [7, 11) is 0. The molecule has 0 amide bonds. The number of benzene rings is 1. The Labute approximate surface area is 65.4 Å². The van der Waals surface area contributed by atoms with Crippen molar-refractivity contribution in [1.29, 1.82) is 0 Å². The van der Waals surface area contributed by atoms with E-state index in [4.69, 9.17) is 0 Å². The lowest BCUT2D eigenvalue weighted by molar-refractivity contribution is 1.31. The van der Waals surface area contributed by atoms with Crippen molar-refractivity contribution in [1.82, 2.24) is 0 Å². The van der Waals surface area contributed by atoms with Crippen molar-refractivity contribution in [3.8, 4) is 0 Å². The van der Waals surface area contributed by atoms with E-state index in [0.717, 1.165) is 11.1 Å². The Bertz CT molecular complexity index is 376. The number of hydrogen-bond donors (Lipinski definition) is 0. The summed E-state index contributed by atoms with van der Waals surface area (Å²) in [5.41, 5.74) is 1.06. The molecule has 1 nitrogen and oxygen atoms in total. The van der Waals surface area contributed by atoms with Crippen LogP contribution >= 0.6 is 0 Å². The van der Waals surface area contributed by atoms with Crippen LogP contribution < -0.4 is 10.6 Å². The molecule has 1 aliphatic heterocycles. The maximum atomic E-state index is 4.38. The monoisotopic (exact) mass is 143 g/mol. The van der Waals surface area contributed by atoms with Crippen LogP contribution in [0, 0.1) is 0 Å². The molecule has 0 unspecified atom stereocenters. The minimum absolute atomic E-state index is 1.06. The molecule has 0 saturated carbocycles. The Kier molecular flexibility index (Phi) is 1.35. The van der Waals surface area contributed by atoms with Crippen molar-refractivity contribution in [2.24, 2.45) is 4.99 Å². The summed E-state index contributed by atoms with van der Waals surface area (Å²) in [6, 6.07) is 8.15. The topological polar surface area (TPSA) is 12.4 Å². The van der Waals surface area contributed by atoms with Crippen molar-refractivity contribution in [3.63, 3.8) is 0 Å². The minimum Gasteiger partial charge on any atom is -0.249 e. The molecular weight excluding hydrogens is 134 g/mol. The first-order valence-corrected chi connectivity index (χ1v) is 3.72. The second kappa shape index (κ2) is 2.35. The van der Waals surface area contributed by atoms with Crippen LogP contribution in [-0.2, 0) is 0 Å². The highest BCUT2D eigenvalue weighted by molar-refractivity contribution is 5.48. The summed E-state index contributed by atoms with van der Waals surface area (Å²) >= 11 is 0. The van der Waals surface area contributed by atoms with E-state index in [0.29, 0.717) is 0 Å². The molecule has 0 spiro atoms. The van der Waals surface area contributed by atoms with Gasteiger partial charge in [-0.15, -0.1) is 0 Å². The fraction of sp³-hybridized carbons (Fsp3) is 0.100. The normalized spacial score (nSPS) is 17.4. The van der Waals surface area contributed by atoms with Gasteiger partial charge in [-0.2, -0.15) is 0 Å². The molecule has 0 aromatic heterocycles. The SMILES string of the molecule is C/C=C1\C=c2ccccc2=N1. The average molecular weight is 143 g/mol. The van der Waals surface area contributed by atoms with E-state index in [9.17, 15) is 0 Å². The maximum absolute atomic E-state index is 4.38. The molecule has 1 aliphatic rings. The van der Waals surface area contributed by atoms with E-state index < -0.39 is 0 Å². The standard InChI is InChI=1S/C10H9N/c1-2-9-7-8-5-3-4-6-10(8)11-9/h2-7H,1H3/b9-2+. The Morgan fingerprint density at radius 1 is 1.27 bits per heavy atom. The van der Waals surface area contributed by atoms with Gasteiger partial charge in [0.15, 0.2) is 0 Å². The summed E-state index contributed by atoms with van der Waals surface area (Å²) in [5, 5.41) is 2.31. The Morgan fingerprint density at radius 3 is 2.82 bits per heavy atom. The first-order chi connectivity index (χ1) is 5.40. The van der Waals surface area contributed by atoms with Crippen LogP contribution in [0.25, 0.3) is 6.08 Å². The predicted octanol–water partition coefficient (Wildman–Crippen LogP) is 1.00. The molecular formula is C10H9N.